The van der Waals surface area contributed by atoms with E-state index in [0.717, 1.165) is 12.0 Å². The van der Waals surface area contributed by atoms with Gasteiger partial charge in [-0.3, -0.25) is 4.79 Å². The molecule has 1 fully saturated rings. The summed E-state index contributed by atoms with van der Waals surface area (Å²) < 4.78 is 10.7. The first-order valence-electron chi connectivity index (χ1n) is 8.25. The Labute approximate surface area is 150 Å². The maximum atomic E-state index is 12.2. The SMILES string of the molecule is COc1cc(/C=C2/OC(CCc3ccc(O)cc3)CC2=O)cc(O)c1O. The zero-order valence-corrected chi connectivity index (χ0v) is 14.3. The number of phenolic OH excluding ortho intramolecular Hbond substituents is 3. The predicted molar refractivity (Wildman–Crippen MR) is 95.2 cm³/mol. The highest BCUT2D eigenvalue weighted by Gasteiger charge is 2.28. The van der Waals surface area contributed by atoms with E-state index in [2.05, 4.69) is 0 Å². The quantitative estimate of drug-likeness (QED) is 0.563. The summed E-state index contributed by atoms with van der Waals surface area (Å²) in [4.78, 5) is 12.2. The van der Waals surface area contributed by atoms with E-state index >= 15 is 0 Å². The molecule has 3 rings (SSSR count). The van der Waals surface area contributed by atoms with Crippen molar-refractivity contribution >= 4 is 11.9 Å². The molecule has 1 aliphatic heterocycles. The van der Waals surface area contributed by atoms with Gasteiger partial charge in [0.2, 0.25) is 11.5 Å². The fraction of sp³-hybridized carbons (Fsp3) is 0.250. The van der Waals surface area contributed by atoms with Gasteiger partial charge in [0.25, 0.3) is 0 Å². The number of methoxy groups -OCH3 is 1. The fourth-order valence-corrected chi connectivity index (χ4v) is 2.86. The van der Waals surface area contributed by atoms with E-state index in [9.17, 15) is 20.1 Å². The molecule has 0 aliphatic carbocycles. The van der Waals surface area contributed by atoms with E-state index < -0.39 is 0 Å². The van der Waals surface area contributed by atoms with Crippen molar-refractivity contribution < 1.29 is 29.6 Å². The lowest BCUT2D eigenvalue weighted by molar-refractivity contribution is -0.115. The third-order valence-electron chi connectivity index (χ3n) is 4.27. The van der Waals surface area contributed by atoms with Crippen LogP contribution >= 0.6 is 0 Å². The van der Waals surface area contributed by atoms with Crippen molar-refractivity contribution in [3.63, 3.8) is 0 Å². The first-order chi connectivity index (χ1) is 12.5. The number of ketones is 1. The maximum Gasteiger partial charge on any atom is 0.201 e. The first-order valence-corrected chi connectivity index (χ1v) is 8.25. The summed E-state index contributed by atoms with van der Waals surface area (Å²) in [6.07, 6.45) is 3.03. The van der Waals surface area contributed by atoms with Crippen molar-refractivity contribution in [2.45, 2.75) is 25.4 Å². The normalized spacial score (nSPS) is 18.1. The van der Waals surface area contributed by atoms with Crippen molar-refractivity contribution in [2.75, 3.05) is 7.11 Å². The molecule has 1 aliphatic rings. The molecule has 0 bridgehead atoms. The molecule has 0 amide bonds. The Kier molecular flexibility index (Phi) is 5.02. The molecule has 3 N–H and O–H groups in total. The summed E-state index contributed by atoms with van der Waals surface area (Å²) in [5.74, 6) is -0.212. The second-order valence-corrected chi connectivity index (χ2v) is 6.17. The van der Waals surface area contributed by atoms with Crippen LogP contribution < -0.4 is 4.74 Å². The highest BCUT2D eigenvalue weighted by molar-refractivity contribution is 5.99. The zero-order valence-electron chi connectivity index (χ0n) is 14.3. The molecule has 2 aromatic carbocycles. The van der Waals surface area contributed by atoms with Crippen LogP contribution in [-0.2, 0) is 16.0 Å². The number of rotatable bonds is 5. The summed E-state index contributed by atoms with van der Waals surface area (Å²) in [5.41, 5.74) is 1.56. The van der Waals surface area contributed by atoms with Gasteiger partial charge in [0.05, 0.1) is 13.5 Å². The number of hydrogen-bond donors (Lipinski definition) is 3. The van der Waals surface area contributed by atoms with Crippen LogP contribution in [0.15, 0.2) is 42.2 Å². The number of carbonyl (C=O) groups excluding carboxylic acids is 1. The Balaban J connectivity index is 1.68. The summed E-state index contributed by atoms with van der Waals surface area (Å²) in [6, 6.07) is 9.80. The van der Waals surface area contributed by atoms with Gasteiger partial charge < -0.3 is 24.8 Å². The predicted octanol–water partition coefficient (Wildman–Crippen LogP) is 3.14. The van der Waals surface area contributed by atoms with Crippen LogP contribution in [0.3, 0.4) is 0 Å². The number of Topliss-reactive ketones (excluding diaryl/α,β-unsaturated/α-hetero) is 1. The molecule has 1 saturated heterocycles. The molecule has 1 unspecified atom stereocenters. The summed E-state index contributed by atoms with van der Waals surface area (Å²) >= 11 is 0. The van der Waals surface area contributed by atoms with E-state index in [1.165, 1.54) is 25.3 Å². The van der Waals surface area contributed by atoms with Crippen molar-refractivity contribution in [3.05, 3.63) is 53.3 Å². The van der Waals surface area contributed by atoms with Crippen LogP contribution in [0.2, 0.25) is 0 Å². The number of aromatic hydroxyl groups is 3. The largest absolute Gasteiger partial charge is 0.508 e. The zero-order chi connectivity index (χ0) is 18.7. The molecule has 26 heavy (non-hydrogen) atoms. The average molecular weight is 356 g/mol. The fourth-order valence-electron chi connectivity index (χ4n) is 2.86. The third kappa shape index (κ3) is 3.91. The molecule has 0 spiro atoms. The van der Waals surface area contributed by atoms with Crippen LogP contribution in [0.4, 0.5) is 0 Å². The van der Waals surface area contributed by atoms with Gasteiger partial charge in [-0.05, 0) is 54.3 Å². The lowest BCUT2D eigenvalue weighted by atomic mass is 10.0. The van der Waals surface area contributed by atoms with Crippen LogP contribution in [0.5, 0.6) is 23.0 Å². The van der Waals surface area contributed by atoms with E-state index in [1.54, 1.807) is 12.1 Å². The van der Waals surface area contributed by atoms with Gasteiger partial charge in [-0.15, -0.1) is 0 Å². The molecular weight excluding hydrogens is 336 g/mol. The molecule has 1 atom stereocenters. The number of hydrogen-bond acceptors (Lipinski definition) is 6. The Morgan fingerprint density at radius 2 is 1.92 bits per heavy atom. The summed E-state index contributed by atoms with van der Waals surface area (Å²) in [5, 5.41) is 28.7. The molecule has 2 aromatic rings. The molecular formula is C20H20O6. The van der Waals surface area contributed by atoms with Gasteiger partial charge in [0.15, 0.2) is 17.3 Å². The number of ether oxygens (including phenoxy) is 2. The third-order valence-corrected chi connectivity index (χ3v) is 4.27. The van der Waals surface area contributed by atoms with Crippen LogP contribution in [0.25, 0.3) is 6.08 Å². The molecule has 0 saturated carbocycles. The monoisotopic (exact) mass is 356 g/mol. The number of allylic oxidation sites excluding steroid dienone is 1. The minimum absolute atomic E-state index is 0.104. The Hall–Kier alpha value is -3.15. The van der Waals surface area contributed by atoms with Crippen LogP contribution in [-0.4, -0.2) is 34.3 Å². The van der Waals surface area contributed by atoms with Gasteiger partial charge in [0.1, 0.15) is 11.9 Å². The van der Waals surface area contributed by atoms with Crippen LogP contribution in [0.1, 0.15) is 24.0 Å². The van der Waals surface area contributed by atoms with E-state index in [1.807, 2.05) is 12.1 Å². The molecule has 136 valence electrons. The summed E-state index contributed by atoms with van der Waals surface area (Å²) in [7, 11) is 1.38. The molecule has 6 heteroatoms. The Bertz CT molecular complexity index is 838. The van der Waals surface area contributed by atoms with Gasteiger partial charge in [-0.25, -0.2) is 0 Å². The van der Waals surface area contributed by atoms with Gasteiger partial charge in [-0.1, -0.05) is 12.1 Å². The van der Waals surface area contributed by atoms with Gasteiger partial charge >= 0.3 is 0 Å². The smallest absolute Gasteiger partial charge is 0.201 e. The second kappa shape index (κ2) is 7.39. The topological polar surface area (TPSA) is 96.2 Å². The number of phenols is 3. The number of benzene rings is 2. The van der Waals surface area contributed by atoms with Crippen molar-refractivity contribution in [1.29, 1.82) is 0 Å². The van der Waals surface area contributed by atoms with E-state index in [0.29, 0.717) is 18.4 Å². The number of aryl methyl sites for hydroxylation is 1. The highest BCUT2D eigenvalue weighted by atomic mass is 16.5. The summed E-state index contributed by atoms with van der Waals surface area (Å²) in [6.45, 7) is 0. The maximum absolute atomic E-state index is 12.2. The second-order valence-electron chi connectivity index (χ2n) is 6.17. The Morgan fingerprint density at radius 1 is 1.19 bits per heavy atom. The van der Waals surface area contributed by atoms with E-state index in [4.69, 9.17) is 9.47 Å². The standard InChI is InChI=1S/C20H20O6/c1-25-19-10-13(8-17(23)20(19)24)9-18-16(22)11-15(26-18)7-4-12-2-5-14(21)6-3-12/h2-3,5-6,8-10,15,21,23-24H,4,7,11H2,1H3/b18-9+. The molecule has 1 heterocycles. The minimum Gasteiger partial charge on any atom is -0.508 e. The van der Waals surface area contributed by atoms with Crippen molar-refractivity contribution in [2.24, 2.45) is 0 Å². The first kappa shape index (κ1) is 17.7. The van der Waals surface area contributed by atoms with E-state index in [-0.39, 0.29) is 40.6 Å². The van der Waals surface area contributed by atoms with Crippen molar-refractivity contribution in [3.8, 4) is 23.0 Å². The molecule has 0 aromatic heterocycles. The van der Waals surface area contributed by atoms with Crippen molar-refractivity contribution in [1.82, 2.24) is 0 Å². The average Bonchev–Trinajstić information content (AvgIpc) is 2.97. The highest BCUT2D eigenvalue weighted by Crippen LogP contribution is 2.37. The van der Waals surface area contributed by atoms with Gasteiger partial charge in [-0.2, -0.15) is 0 Å². The lowest BCUT2D eigenvalue weighted by Crippen LogP contribution is -2.06. The Morgan fingerprint density at radius 3 is 2.62 bits per heavy atom. The van der Waals surface area contributed by atoms with Crippen LogP contribution in [0, 0.1) is 0 Å². The number of carbonyl (C=O) groups is 1. The van der Waals surface area contributed by atoms with Gasteiger partial charge in [0, 0.05) is 0 Å². The lowest BCUT2D eigenvalue weighted by Gasteiger charge is -2.10. The minimum atomic E-state index is -0.347. The molecule has 0 radical (unpaired) electrons. The molecule has 6 nitrogen and oxygen atoms in total.